The van der Waals surface area contributed by atoms with E-state index in [0.717, 1.165) is 13.1 Å². The largest absolute Gasteiger partial charge is 0.334 e. The zero-order valence-corrected chi connectivity index (χ0v) is 15.0. The Labute approximate surface area is 151 Å². The molecule has 2 rings (SSSR count). The van der Waals surface area contributed by atoms with Gasteiger partial charge in [0.05, 0.1) is 6.54 Å². The highest BCUT2D eigenvalue weighted by Gasteiger charge is 2.34. The molecule has 0 radical (unpaired) electrons. The van der Waals surface area contributed by atoms with Gasteiger partial charge >= 0.3 is 0 Å². The van der Waals surface area contributed by atoms with Crippen molar-refractivity contribution in [2.24, 2.45) is 11.7 Å². The molecular formula is C19H28ClN3O. The van der Waals surface area contributed by atoms with Crippen LogP contribution in [0.3, 0.4) is 0 Å². The average Bonchev–Trinajstić information content (AvgIpc) is 2.98. The van der Waals surface area contributed by atoms with Crippen molar-refractivity contribution in [2.45, 2.75) is 5.92 Å². The first-order valence-electron chi connectivity index (χ1n) is 8.16. The second-order valence-electron chi connectivity index (χ2n) is 6.08. The zero-order valence-electron chi connectivity index (χ0n) is 14.1. The number of benzene rings is 1. The van der Waals surface area contributed by atoms with Crippen molar-refractivity contribution >= 4 is 18.3 Å². The molecule has 1 amide bonds. The first-order valence-corrected chi connectivity index (χ1v) is 8.16. The Bertz CT molecular complexity index is 525. The number of amides is 1. The maximum atomic E-state index is 12.5. The summed E-state index contributed by atoms with van der Waals surface area (Å²) >= 11 is 0. The number of nitrogens with zero attached hydrogens (tertiary/aromatic N) is 2. The van der Waals surface area contributed by atoms with E-state index < -0.39 is 0 Å². The number of hydrogen-bond donors (Lipinski definition) is 1. The number of hydrogen-bond acceptors (Lipinski definition) is 3. The van der Waals surface area contributed by atoms with Crippen LogP contribution in [0.15, 0.2) is 55.6 Å². The summed E-state index contributed by atoms with van der Waals surface area (Å²) in [5, 5.41) is 0. The van der Waals surface area contributed by atoms with Crippen molar-refractivity contribution in [3.8, 4) is 0 Å². The molecule has 1 aromatic carbocycles. The second kappa shape index (κ2) is 10.3. The van der Waals surface area contributed by atoms with Crippen molar-refractivity contribution in [1.29, 1.82) is 0 Å². The summed E-state index contributed by atoms with van der Waals surface area (Å²) in [6.45, 7) is 11.4. The minimum atomic E-state index is 0. The summed E-state index contributed by atoms with van der Waals surface area (Å²) in [4.78, 5) is 16.5. The highest BCUT2D eigenvalue weighted by Crippen LogP contribution is 2.31. The lowest BCUT2D eigenvalue weighted by Gasteiger charge is -2.23. The van der Waals surface area contributed by atoms with Gasteiger partial charge in [0, 0.05) is 32.1 Å². The van der Waals surface area contributed by atoms with Gasteiger partial charge < -0.3 is 10.6 Å². The van der Waals surface area contributed by atoms with Gasteiger partial charge in [-0.2, -0.15) is 0 Å². The Balaban J connectivity index is 0.00000288. The van der Waals surface area contributed by atoms with Crippen LogP contribution in [0.25, 0.3) is 0 Å². The van der Waals surface area contributed by atoms with E-state index >= 15 is 0 Å². The molecule has 2 N–H and O–H groups in total. The topological polar surface area (TPSA) is 49.6 Å². The molecule has 1 aliphatic heterocycles. The van der Waals surface area contributed by atoms with Crippen LogP contribution in [-0.4, -0.2) is 55.0 Å². The molecule has 132 valence electrons. The fourth-order valence-corrected chi connectivity index (χ4v) is 3.29. The van der Waals surface area contributed by atoms with Crippen LogP contribution in [0.4, 0.5) is 0 Å². The number of nitrogens with two attached hydrogens (primary N) is 1. The molecular weight excluding hydrogens is 322 g/mol. The van der Waals surface area contributed by atoms with Crippen LogP contribution in [0, 0.1) is 5.92 Å². The molecule has 0 unspecified atom stereocenters. The SMILES string of the molecule is C=CCN(CC=C)C(=O)CN1C[C@@H](CN)[C@H](c2ccccc2)C1.Cl. The summed E-state index contributed by atoms with van der Waals surface area (Å²) in [6, 6.07) is 10.5. The zero-order chi connectivity index (χ0) is 16.7. The Kier molecular flexibility index (Phi) is 8.76. The van der Waals surface area contributed by atoms with E-state index in [1.807, 2.05) is 6.07 Å². The van der Waals surface area contributed by atoms with E-state index in [2.05, 4.69) is 42.3 Å². The van der Waals surface area contributed by atoms with Crippen LogP contribution in [0.1, 0.15) is 11.5 Å². The quantitative estimate of drug-likeness (QED) is 0.732. The van der Waals surface area contributed by atoms with Crippen LogP contribution < -0.4 is 5.73 Å². The highest BCUT2D eigenvalue weighted by molar-refractivity contribution is 5.85. The maximum Gasteiger partial charge on any atom is 0.237 e. The fourth-order valence-electron chi connectivity index (χ4n) is 3.29. The van der Waals surface area contributed by atoms with E-state index in [9.17, 15) is 4.79 Å². The molecule has 1 saturated heterocycles. The Hall–Kier alpha value is -1.62. The van der Waals surface area contributed by atoms with Gasteiger partial charge in [-0.25, -0.2) is 0 Å². The van der Waals surface area contributed by atoms with Gasteiger partial charge in [0.15, 0.2) is 0 Å². The first-order chi connectivity index (χ1) is 11.2. The summed E-state index contributed by atoms with van der Waals surface area (Å²) < 4.78 is 0. The maximum absolute atomic E-state index is 12.5. The molecule has 0 bridgehead atoms. The summed E-state index contributed by atoms with van der Waals surface area (Å²) in [6.07, 6.45) is 3.50. The van der Waals surface area contributed by atoms with Crippen molar-refractivity contribution in [2.75, 3.05) is 39.3 Å². The monoisotopic (exact) mass is 349 g/mol. The normalized spacial score (nSPS) is 20.2. The van der Waals surface area contributed by atoms with Gasteiger partial charge in [-0.15, -0.1) is 25.6 Å². The van der Waals surface area contributed by atoms with E-state index in [1.165, 1.54) is 5.56 Å². The van der Waals surface area contributed by atoms with Gasteiger partial charge in [-0.1, -0.05) is 42.5 Å². The first kappa shape index (κ1) is 20.4. The van der Waals surface area contributed by atoms with Crippen molar-refractivity contribution in [3.05, 3.63) is 61.2 Å². The Morgan fingerprint density at radius 1 is 1.21 bits per heavy atom. The van der Waals surface area contributed by atoms with Gasteiger partial charge in [0.2, 0.25) is 5.91 Å². The second-order valence-corrected chi connectivity index (χ2v) is 6.08. The molecule has 1 heterocycles. The highest BCUT2D eigenvalue weighted by atomic mass is 35.5. The summed E-state index contributed by atoms with van der Waals surface area (Å²) in [5.74, 6) is 0.924. The van der Waals surface area contributed by atoms with Gasteiger partial charge in [-0.3, -0.25) is 9.69 Å². The lowest BCUT2D eigenvalue weighted by atomic mass is 9.89. The summed E-state index contributed by atoms with van der Waals surface area (Å²) in [5.41, 5.74) is 7.27. The molecule has 2 atom stereocenters. The van der Waals surface area contributed by atoms with Crippen LogP contribution >= 0.6 is 12.4 Å². The third-order valence-corrected chi connectivity index (χ3v) is 4.46. The summed E-state index contributed by atoms with van der Waals surface area (Å²) in [7, 11) is 0. The number of rotatable bonds is 8. The standard InChI is InChI=1S/C19H27N3O.ClH/c1-3-10-22(11-4-2)19(23)15-21-13-17(12-20)18(14-21)16-8-6-5-7-9-16;/h3-9,17-18H,1-2,10-15,20H2;1H/t17-,18+;/m1./s1. The van der Waals surface area contributed by atoms with Crippen LogP contribution in [-0.2, 0) is 4.79 Å². The van der Waals surface area contributed by atoms with Crippen molar-refractivity contribution in [1.82, 2.24) is 9.80 Å². The minimum absolute atomic E-state index is 0. The molecule has 0 saturated carbocycles. The van der Waals surface area contributed by atoms with E-state index in [1.54, 1.807) is 17.1 Å². The van der Waals surface area contributed by atoms with Crippen LogP contribution in [0.2, 0.25) is 0 Å². The molecule has 1 fully saturated rings. The number of halogens is 1. The molecule has 24 heavy (non-hydrogen) atoms. The molecule has 5 heteroatoms. The Morgan fingerprint density at radius 3 is 2.38 bits per heavy atom. The predicted molar refractivity (Wildman–Crippen MR) is 102 cm³/mol. The van der Waals surface area contributed by atoms with Gasteiger partial charge in [0.1, 0.15) is 0 Å². The average molecular weight is 350 g/mol. The predicted octanol–water partition coefficient (Wildman–Crippen LogP) is 2.28. The molecule has 4 nitrogen and oxygen atoms in total. The number of likely N-dealkylation sites (tertiary alicyclic amines) is 1. The number of carbonyl (C=O) groups excluding carboxylic acids is 1. The molecule has 0 spiro atoms. The smallest absolute Gasteiger partial charge is 0.237 e. The minimum Gasteiger partial charge on any atom is -0.334 e. The molecule has 1 aliphatic rings. The number of carbonyl (C=O) groups is 1. The lowest BCUT2D eigenvalue weighted by Crippen LogP contribution is -2.40. The molecule has 0 aliphatic carbocycles. The van der Waals surface area contributed by atoms with Crippen molar-refractivity contribution < 1.29 is 4.79 Å². The van der Waals surface area contributed by atoms with E-state index in [0.29, 0.717) is 38.0 Å². The Morgan fingerprint density at radius 2 is 1.83 bits per heavy atom. The fraction of sp³-hybridized carbons (Fsp3) is 0.421. The van der Waals surface area contributed by atoms with Gasteiger partial charge in [0.25, 0.3) is 0 Å². The third kappa shape index (κ3) is 5.20. The third-order valence-electron chi connectivity index (χ3n) is 4.46. The lowest BCUT2D eigenvalue weighted by molar-refractivity contribution is -0.131. The van der Waals surface area contributed by atoms with E-state index in [4.69, 9.17) is 5.73 Å². The van der Waals surface area contributed by atoms with Gasteiger partial charge in [-0.05, 0) is 18.0 Å². The molecule has 0 aromatic heterocycles. The van der Waals surface area contributed by atoms with Crippen molar-refractivity contribution in [3.63, 3.8) is 0 Å². The molecule has 1 aromatic rings. The van der Waals surface area contributed by atoms with Crippen LogP contribution in [0.5, 0.6) is 0 Å². The van der Waals surface area contributed by atoms with E-state index in [-0.39, 0.29) is 18.3 Å².